The minimum absolute atomic E-state index is 0.0554. The molecule has 0 aromatic heterocycles. The van der Waals surface area contributed by atoms with Crippen LogP contribution in [0.5, 0.6) is 0 Å². The van der Waals surface area contributed by atoms with Crippen molar-refractivity contribution in [2.45, 2.75) is 32.6 Å². The molecule has 0 aromatic rings. The number of likely N-dealkylation sites (tertiary alicyclic amines) is 2. The lowest BCUT2D eigenvalue weighted by molar-refractivity contribution is -0.148. The van der Waals surface area contributed by atoms with E-state index in [1.54, 1.807) is 16.7 Å². The van der Waals surface area contributed by atoms with Crippen molar-refractivity contribution in [3.8, 4) is 0 Å². The molecule has 2 heterocycles. The molecule has 0 aromatic carbocycles. The number of hydrogen-bond donors (Lipinski definition) is 1. The smallest absolute Gasteiger partial charge is 0.308 e. The number of piperidine rings is 2. The fraction of sp³-hybridized carbons (Fsp3) is 0.786. The fourth-order valence-corrected chi connectivity index (χ4v) is 3.08. The summed E-state index contributed by atoms with van der Waals surface area (Å²) in [6.45, 7) is 3.80. The third-order valence-electron chi connectivity index (χ3n) is 4.37. The fourth-order valence-electron chi connectivity index (χ4n) is 3.08. The van der Waals surface area contributed by atoms with Crippen LogP contribution in [0, 0.1) is 11.8 Å². The second kappa shape index (κ2) is 6.24. The highest BCUT2D eigenvalue weighted by Crippen LogP contribution is 2.23. The highest BCUT2D eigenvalue weighted by molar-refractivity contribution is 5.81. The van der Waals surface area contributed by atoms with Gasteiger partial charge in [-0.15, -0.1) is 0 Å². The molecule has 20 heavy (non-hydrogen) atoms. The average molecular weight is 282 g/mol. The Morgan fingerprint density at radius 2 is 1.60 bits per heavy atom. The zero-order valence-corrected chi connectivity index (χ0v) is 11.9. The maximum absolute atomic E-state index is 12.4. The number of carboxylic acids is 1. The lowest BCUT2D eigenvalue weighted by Gasteiger charge is -2.36. The molecule has 0 bridgehead atoms. The lowest BCUT2D eigenvalue weighted by Crippen LogP contribution is -2.48. The summed E-state index contributed by atoms with van der Waals surface area (Å²) in [6, 6.07) is 0. The summed E-state index contributed by atoms with van der Waals surface area (Å²) in [5.41, 5.74) is 0. The molecule has 6 nitrogen and oxygen atoms in total. The number of rotatable bonds is 2. The highest BCUT2D eigenvalue weighted by Gasteiger charge is 2.33. The summed E-state index contributed by atoms with van der Waals surface area (Å²) in [5, 5.41) is 9.06. The first-order chi connectivity index (χ1) is 9.49. The van der Waals surface area contributed by atoms with Crippen LogP contribution in [0.2, 0.25) is 0 Å². The lowest BCUT2D eigenvalue weighted by atomic mass is 9.92. The first-order valence-electron chi connectivity index (χ1n) is 7.26. The standard InChI is InChI=1S/C14H22N2O4/c1-10(17)15-7-4-11(5-8-15)13(18)16-6-2-3-12(9-16)14(19)20/h11-12H,2-9H2,1H3,(H,19,20). The topological polar surface area (TPSA) is 77.9 Å². The quantitative estimate of drug-likeness (QED) is 0.803. The molecular formula is C14H22N2O4. The van der Waals surface area contributed by atoms with Crippen molar-refractivity contribution in [3.05, 3.63) is 0 Å². The second-order valence-electron chi connectivity index (χ2n) is 5.74. The molecule has 0 aliphatic carbocycles. The molecule has 2 saturated heterocycles. The summed E-state index contributed by atoms with van der Waals surface area (Å²) >= 11 is 0. The van der Waals surface area contributed by atoms with Crippen molar-refractivity contribution >= 4 is 17.8 Å². The normalized spacial score (nSPS) is 24.6. The van der Waals surface area contributed by atoms with E-state index in [2.05, 4.69) is 0 Å². The van der Waals surface area contributed by atoms with Gasteiger partial charge in [0, 0.05) is 39.0 Å². The first kappa shape index (κ1) is 14.8. The number of carboxylic acid groups (broad SMARTS) is 1. The molecule has 2 aliphatic rings. The van der Waals surface area contributed by atoms with E-state index in [1.165, 1.54) is 0 Å². The van der Waals surface area contributed by atoms with Gasteiger partial charge < -0.3 is 14.9 Å². The van der Waals surface area contributed by atoms with Gasteiger partial charge in [-0.25, -0.2) is 0 Å². The van der Waals surface area contributed by atoms with Crippen LogP contribution in [0.4, 0.5) is 0 Å². The minimum atomic E-state index is -0.811. The highest BCUT2D eigenvalue weighted by atomic mass is 16.4. The molecule has 2 rings (SSSR count). The van der Waals surface area contributed by atoms with Gasteiger partial charge >= 0.3 is 5.97 Å². The van der Waals surface area contributed by atoms with Crippen molar-refractivity contribution in [1.29, 1.82) is 0 Å². The van der Waals surface area contributed by atoms with E-state index < -0.39 is 11.9 Å². The van der Waals surface area contributed by atoms with E-state index in [9.17, 15) is 14.4 Å². The molecule has 0 radical (unpaired) electrons. The Balaban J connectivity index is 1.88. The molecule has 1 N–H and O–H groups in total. The molecule has 2 amide bonds. The van der Waals surface area contributed by atoms with E-state index >= 15 is 0 Å². The Labute approximate surface area is 118 Å². The predicted octanol–water partition coefficient (Wildman–Crippen LogP) is 0.568. The van der Waals surface area contributed by atoms with Crippen LogP contribution < -0.4 is 0 Å². The molecule has 112 valence electrons. The van der Waals surface area contributed by atoms with E-state index in [-0.39, 0.29) is 17.7 Å². The number of carbonyl (C=O) groups is 3. The zero-order chi connectivity index (χ0) is 14.7. The maximum atomic E-state index is 12.4. The maximum Gasteiger partial charge on any atom is 0.308 e. The van der Waals surface area contributed by atoms with Gasteiger partial charge in [-0.1, -0.05) is 0 Å². The Morgan fingerprint density at radius 1 is 0.950 bits per heavy atom. The van der Waals surface area contributed by atoms with Crippen LogP contribution in [-0.4, -0.2) is 58.9 Å². The summed E-state index contributed by atoms with van der Waals surface area (Å²) in [5.74, 6) is -1.17. The molecule has 2 aliphatic heterocycles. The van der Waals surface area contributed by atoms with Gasteiger partial charge in [0.2, 0.25) is 11.8 Å². The number of hydrogen-bond acceptors (Lipinski definition) is 3. The van der Waals surface area contributed by atoms with Crippen LogP contribution in [0.25, 0.3) is 0 Å². The third kappa shape index (κ3) is 3.29. The number of amides is 2. The Hall–Kier alpha value is -1.59. The van der Waals surface area contributed by atoms with Crippen LogP contribution in [-0.2, 0) is 14.4 Å². The van der Waals surface area contributed by atoms with Crippen molar-refractivity contribution in [3.63, 3.8) is 0 Å². The van der Waals surface area contributed by atoms with Crippen LogP contribution in [0.1, 0.15) is 32.6 Å². The largest absolute Gasteiger partial charge is 0.481 e. The number of aliphatic carboxylic acids is 1. The van der Waals surface area contributed by atoms with Gasteiger partial charge in [0.1, 0.15) is 0 Å². The SMILES string of the molecule is CC(=O)N1CCC(C(=O)N2CCCC(C(=O)O)C2)CC1. The summed E-state index contributed by atoms with van der Waals surface area (Å²) in [4.78, 5) is 38.2. The zero-order valence-electron chi connectivity index (χ0n) is 11.9. The van der Waals surface area contributed by atoms with E-state index in [0.717, 1.165) is 6.42 Å². The monoisotopic (exact) mass is 282 g/mol. The van der Waals surface area contributed by atoms with Gasteiger partial charge in [0.25, 0.3) is 0 Å². The number of carbonyl (C=O) groups excluding carboxylic acids is 2. The molecule has 0 spiro atoms. The van der Waals surface area contributed by atoms with Gasteiger partial charge in [0.05, 0.1) is 5.92 Å². The molecule has 6 heteroatoms. The Bertz CT molecular complexity index is 402. The predicted molar refractivity (Wildman–Crippen MR) is 71.9 cm³/mol. The van der Waals surface area contributed by atoms with Crippen molar-refractivity contribution in [1.82, 2.24) is 9.80 Å². The summed E-state index contributed by atoms with van der Waals surface area (Å²) in [7, 11) is 0. The van der Waals surface area contributed by atoms with Gasteiger partial charge in [-0.2, -0.15) is 0 Å². The summed E-state index contributed by atoms with van der Waals surface area (Å²) in [6.07, 6.45) is 2.79. The van der Waals surface area contributed by atoms with Gasteiger partial charge in [-0.3, -0.25) is 14.4 Å². The van der Waals surface area contributed by atoms with Gasteiger partial charge in [0.15, 0.2) is 0 Å². The molecule has 0 saturated carbocycles. The molecule has 1 atom stereocenters. The Morgan fingerprint density at radius 3 is 2.15 bits per heavy atom. The van der Waals surface area contributed by atoms with Gasteiger partial charge in [-0.05, 0) is 25.7 Å². The van der Waals surface area contributed by atoms with Crippen LogP contribution in [0.3, 0.4) is 0 Å². The molecule has 2 fully saturated rings. The molecule has 1 unspecified atom stereocenters. The van der Waals surface area contributed by atoms with Crippen LogP contribution in [0.15, 0.2) is 0 Å². The number of nitrogens with zero attached hydrogens (tertiary/aromatic N) is 2. The summed E-state index contributed by atoms with van der Waals surface area (Å²) < 4.78 is 0. The van der Waals surface area contributed by atoms with E-state index in [0.29, 0.717) is 45.4 Å². The van der Waals surface area contributed by atoms with E-state index in [1.807, 2.05) is 0 Å². The average Bonchev–Trinajstić information content (AvgIpc) is 2.46. The third-order valence-corrected chi connectivity index (χ3v) is 4.37. The van der Waals surface area contributed by atoms with Crippen molar-refractivity contribution < 1.29 is 19.5 Å². The Kier molecular flexibility index (Phi) is 4.62. The second-order valence-corrected chi connectivity index (χ2v) is 5.74. The van der Waals surface area contributed by atoms with Crippen molar-refractivity contribution in [2.75, 3.05) is 26.2 Å². The first-order valence-corrected chi connectivity index (χ1v) is 7.26. The van der Waals surface area contributed by atoms with E-state index in [4.69, 9.17) is 5.11 Å². The van der Waals surface area contributed by atoms with Crippen molar-refractivity contribution in [2.24, 2.45) is 11.8 Å². The minimum Gasteiger partial charge on any atom is -0.481 e. The molecular weight excluding hydrogens is 260 g/mol. The van der Waals surface area contributed by atoms with Crippen LogP contribution >= 0.6 is 0 Å².